The third-order valence-corrected chi connectivity index (χ3v) is 4.24. The molecule has 21 heavy (non-hydrogen) atoms. The molecule has 5 nitrogen and oxygen atoms in total. The smallest absolute Gasteiger partial charge is 0.269 e. The lowest BCUT2D eigenvalue weighted by molar-refractivity contribution is -0.384. The van der Waals surface area contributed by atoms with Crippen LogP contribution in [0.5, 0.6) is 0 Å². The predicted molar refractivity (Wildman–Crippen MR) is 84.4 cm³/mol. The molecule has 1 fully saturated rings. The Morgan fingerprint density at radius 3 is 2.95 bits per heavy atom. The maximum atomic E-state index is 10.9. The molecule has 0 saturated carbocycles. The number of hydrogen-bond donors (Lipinski definition) is 1. The minimum Gasteiger partial charge on any atom is -0.313 e. The molecule has 116 valence electrons. The van der Waals surface area contributed by atoms with Crippen LogP contribution in [0.4, 0.5) is 5.69 Å². The van der Waals surface area contributed by atoms with Gasteiger partial charge in [-0.3, -0.25) is 15.0 Å². The molecule has 1 aliphatic rings. The zero-order chi connectivity index (χ0) is 15.2. The van der Waals surface area contributed by atoms with Crippen molar-refractivity contribution in [3.05, 3.63) is 39.9 Å². The third-order valence-electron chi connectivity index (χ3n) is 4.24. The Balaban J connectivity index is 2.10. The van der Waals surface area contributed by atoms with Crippen LogP contribution in [0.15, 0.2) is 24.3 Å². The molecular formula is C16H25N3O2. The van der Waals surface area contributed by atoms with Crippen molar-refractivity contribution in [2.75, 3.05) is 19.6 Å². The first-order valence-corrected chi connectivity index (χ1v) is 7.83. The Morgan fingerprint density at radius 2 is 2.33 bits per heavy atom. The molecule has 1 saturated heterocycles. The van der Waals surface area contributed by atoms with Crippen LogP contribution in [0.25, 0.3) is 0 Å². The van der Waals surface area contributed by atoms with Crippen LogP contribution in [0.2, 0.25) is 0 Å². The van der Waals surface area contributed by atoms with E-state index >= 15 is 0 Å². The van der Waals surface area contributed by atoms with E-state index in [2.05, 4.69) is 24.1 Å². The topological polar surface area (TPSA) is 58.4 Å². The molecule has 2 rings (SSSR count). The summed E-state index contributed by atoms with van der Waals surface area (Å²) in [5.41, 5.74) is 1.20. The summed E-state index contributed by atoms with van der Waals surface area (Å²) in [6.07, 6.45) is 3.56. The summed E-state index contributed by atoms with van der Waals surface area (Å²) in [4.78, 5) is 13.0. The lowest BCUT2D eigenvalue weighted by Gasteiger charge is -2.31. The number of nitro groups is 1. The predicted octanol–water partition coefficient (Wildman–Crippen LogP) is 3.12. The van der Waals surface area contributed by atoms with Crippen LogP contribution in [0.1, 0.15) is 44.7 Å². The molecule has 0 bridgehead atoms. The lowest BCUT2D eigenvalue weighted by Crippen LogP contribution is -2.39. The van der Waals surface area contributed by atoms with Crippen LogP contribution in [0, 0.1) is 10.1 Å². The van der Waals surface area contributed by atoms with Gasteiger partial charge in [-0.05, 0) is 44.8 Å². The molecule has 1 aliphatic heterocycles. The summed E-state index contributed by atoms with van der Waals surface area (Å²) in [5.74, 6) is 0. The molecule has 0 aliphatic carbocycles. The minimum absolute atomic E-state index is 0.176. The van der Waals surface area contributed by atoms with Crippen LogP contribution in [0.3, 0.4) is 0 Å². The van der Waals surface area contributed by atoms with Crippen LogP contribution in [-0.4, -0.2) is 35.5 Å². The maximum Gasteiger partial charge on any atom is 0.269 e. The Morgan fingerprint density at radius 1 is 1.52 bits per heavy atom. The highest BCUT2D eigenvalue weighted by atomic mass is 16.6. The van der Waals surface area contributed by atoms with Gasteiger partial charge in [0.1, 0.15) is 0 Å². The Kier molecular flexibility index (Phi) is 5.70. The summed E-state index contributed by atoms with van der Waals surface area (Å²) in [6.45, 7) is 7.45. The molecule has 1 heterocycles. The molecule has 1 aromatic rings. The average Bonchev–Trinajstić information content (AvgIpc) is 2.99. The molecule has 0 radical (unpaired) electrons. The van der Waals surface area contributed by atoms with E-state index in [0.717, 1.165) is 31.6 Å². The molecule has 0 aromatic heterocycles. The maximum absolute atomic E-state index is 10.9. The van der Waals surface area contributed by atoms with Crippen LogP contribution >= 0.6 is 0 Å². The molecule has 2 unspecified atom stereocenters. The fraction of sp³-hybridized carbons (Fsp3) is 0.625. The fourth-order valence-corrected chi connectivity index (χ4v) is 3.03. The Bertz CT molecular complexity index is 472. The molecule has 1 aromatic carbocycles. The highest BCUT2D eigenvalue weighted by Gasteiger charge is 2.22. The van der Waals surface area contributed by atoms with E-state index in [0.29, 0.717) is 6.04 Å². The number of nitro benzene ring substituents is 1. The molecule has 5 heteroatoms. The standard InChI is InChI=1S/C16H25N3O2/c1-3-10-18(12-15-7-5-9-17-15)13(2)14-6-4-8-16(11-14)19(20)21/h4,6,8,11,13,15,17H,3,5,7,9-10,12H2,1-2H3. The SMILES string of the molecule is CCCN(CC1CCCN1)C(C)c1cccc([N+](=O)[O-])c1. The van der Waals surface area contributed by atoms with E-state index in [4.69, 9.17) is 0 Å². The quantitative estimate of drug-likeness (QED) is 0.619. The first-order valence-electron chi connectivity index (χ1n) is 7.83. The van der Waals surface area contributed by atoms with Gasteiger partial charge in [0.15, 0.2) is 0 Å². The molecule has 0 amide bonds. The van der Waals surface area contributed by atoms with Crippen molar-refractivity contribution < 1.29 is 4.92 Å². The van der Waals surface area contributed by atoms with Gasteiger partial charge in [-0.2, -0.15) is 0 Å². The number of non-ortho nitro benzene ring substituents is 1. The first-order chi connectivity index (χ1) is 10.1. The second-order valence-corrected chi connectivity index (χ2v) is 5.82. The second-order valence-electron chi connectivity index (χ2n) is 5.82. The van der Waals surface area contributed by atoms with E-state index in [1.54, 1.807) is 18.2 Å². The first kappa shape index (κ1) is 15.9. The zero-order valence-corrected chi connectivity index (χ0v) is 12.9. The van der Waals surface area contributed by atoms with Crippen molar-refractivity contribution in [3.63, 3.8) is 0 Å². The van der Waals surface area contributed by atoms with E-state index in [9.17, 15) is 10.1 Å². The number of rotatable bonds is 7. The average molecular weight is 291 g/mol. The monoisotopic (exact) mass is 291 g/mol. The van der Waals surface area contributed by atoms with Gasteiger partial charge in [-0.1, -0.05) is 19.1 Å². The van der Waals surface area contributed by atoms with Gasteiger partial charge in [0.05, 0.1) is 4.92 Å². The third kappa shape index (κ3) is 4.25. The highest BCUT2D eigenvalue weighted by molar-refractivity contribution is 5.35. The summed E-state index contributed by atoms with van der Waals surface area (Å²) in [5, 5.41) is 14.5. The van der Waals surface area contributed by atoms with Gasteiger partial charge < -0.3 is 5.32 Å². The number of nitrogens with one attached hydrogen (secondary N) is 1. The van der Waals surface area contributed by atoms with Crippen molar-refractivity contribution in [2.45, 2.75) is 45.2 Å². The second kappa shape index (κ2) is 7.52. The van der Waals surface area contributed by atoms with Crippen LogP contribution in [-0.2, 0) is 0 Å². The van der Waals surface area contributed by atoms with Crippen molar-refractivity contribution in [1.82, 2.24) is 10.2 Å². The zero-order valence-electron chi connectivity index (χ0n) is 12.9. The Hall–Kier alpha value is -1.46. The number of hydrogen-bond acceptors (Lipinski definition) is 4. The van der Waals surface area contributed by atoms with Crippen molar-refractivity contribution >= 4 is 5.69 Å². The lowest BCUT2D eigenvalue weighted by atomic mass is 10.0. The minimum atomic E-state index is -0.321. The van der Waals surface area contributed by atoms with Gasteiger partial charge in [0, 0.05) is 30.8 Å². The largest absolute Gasteiger partial charge is 0.313 e. The van der Waals surface area contributed by atoms with Gasteiger partial charge in [0.2, 0.25) is 0 Å². The summed E-state index contributed by atoms with van der Waals surface area (Å²) in [6, 6.07) is 7.78. The van der Waals surface area contributed by atoms with Gasteiger partial charge >= 0.3 is 0 Å². The highest BCUT2D eigenvalue weighted by Crippen LogP contribution is 2.25. The molecule has 0 spiro atoms. The normalized spacial score (nSPS) is 19.9. The van der Waals surface area contributed by atoms with Gasteiger partial charge in [-0.25, -0.2) is 0 Å². The molecular weight excluding hydrogens is 266 g/mol. The van der Waals surface area contributed by atoms with E-state index in [1.807, 2.05) is 6.07 Å². The van der Waals surface area contributed by atoms with Gasteiger partial charge in [-0.15, -0.1) is 0 Å². The van der Waals surface area contributed by atoms with Crippen LogP contribution < -0.4 is 5.32 Å². The van der Waals surface area contributed by atoms with E-state index < -0.39 is 0 Å². The number of nitrogens with zero attached hydrogens (tertiary/aromatic N) is 2. The van der Waals surface area contributed by atoms with Crippen molar-refractivity contribution in [1.29, 1.82) is 0 Å². The summed E-state index contributed by atoms with van der Waals surface area (Å²) >= 11 is 0. The summed E-state index contributed by atoms with van der Waals surface area (Å²) < 4.78 is 0. The van der Waals surface area contributed by atoms with Crippen molar-refractivity contribution in [3.8, 4) is 0 Å². The van der Waals surface area contributed by atoms with Gasteiger partial charge in [0.25, 0.3) is 5.69 Å². The molecule has 2 atom stereocenters. The number of benzene rings is 1. The Labute approximate surface area is 126 Å². The van der Waals surface area contributed by atoms with E-state index in [1.165, 1.54) is 12.8 Å². The van der Waals surface area contributed by atoms with Crippen molar-refractivity contribution in [2.24, 2.45) is 0 Å². The summed E-state index contributed by atoms with van der Waals surface area (Å²) in [7, 11) is 0. The molecule has 1 N–H and O–H groups in total. The van der Waals surface area contributed by atoms with E-state index in [-0.39, 0.29) is 16.7 Å². The fourth-order valence-electron chi connectivity index (χ4n) is 3.03.